The molecule has 0 aliphatic rings. The second-order valence-electron chi connectivity index (χ2n) is 2.90. The van der Waals surface area contributed by atoms with Gasteiger partial charge in [0.1, 0.15) is 0 Å². The molecule has 0 spiro atoms. The highest BCUT2D eigenvalue weighted by Crippen LogP contribution is 2.18. The van der Waals surface area contributed by atoms with E-state index in [1.807, 2.05) is 0 Å². The molecule has 0 heterocycles. The second-order valence-corrected chi connectivity index (χ2v) is 3.28. The van der Waals surface area contributed by atoms with Crippen molar-refractivity contribution in [2.24, 2.45) is 5.73 Å². The maximum absolute atomic E-state index is 11.0. The Morgan fingerprint density at radius 3 is 2.67 bits per heavy atom. The van der Waals surface area contributed by atoms with Crippen molar-refractivity contribution in [2.45, 2.75) is 6.42 Å². The molecule has 0 atom stereocenters. The molecule has 0 aliphatic carbocycles. The number of primary amides is 1. The summed E-state index contributed by atoms with van der Waals surface area (Å²) in [5, 5.41) is 10.5. The van der Waals surface area contributed by atoms with Gasteiger partial charge in [0, 0.05) is 23.6 Å². The van der Waals surface area contributed by atoms with Crippen molar-refractivity contribution >= 4 is 23.2 Å². The Morgan fingerprint density at radius 2 is 2.20 bits per heavy atom. The molecule has 0 saturated carbocycles. The van der Waals surface area contributed by atoms with Crippen LogP contribution in [0.4, 0.5) is 5.69 Å². The Balaban J connectivity index is 3.20. The lowest BCUT2D eigenvalue weighted by Gasteiger charge is -2.04. The number of nitro groups is 1. The van der Waals surface area contributed by atoms with Crippen molar-refractivity contribution in [1.82, 2.24) is 0 Å². The lowest BCUT2D eigenvalue weighted by Crippen LogP contribution is -2.14. The van der Waals surface area contributed by atoms with Crippen molar-refractivity contribution in [3.63, 3.8) is 0 Å². The summed E-state index contributed by atoms with van der Waals surface area (Å²) in [5.41, 5.74) is 5.74. The van der Waals surface area contributed by atoms with Crippen molar-refractivity contribution < 1.29 is 9.72 Å². The Bertz CT molecular complexity index is 406. The van der Waals surface area contributed by atoms with Gasteiger partial charge in [-0.2, -0.15) is 0 Å². The van der Waals surface area contributed by atoms with Gasteiger partial charge in [-0.25, -0.2) is 0 Å². The molecule has 0 fully saturated rings. The Kier molecular flexibility index (Phi) is 3.62. The number of nitro benzene ring substituents is 1. The van der Waals surface area contributed by atoms with Crippen LogP contribution in [0.5, 0.6) is 0 Å². The van der Waals surface area contributed by atoms with Gasteiger partial charge in [-0.15, -0.1) is 11.6 Å². The zero-order valence-corrected chi connectivity index (χ0v) is 8.53. The first kappa shape index (κ1) is 11.5. The number of halogens is 1. The van der Waals surface area contributed by atoms with Gasteiger partial charge >= 0.3 is 0 Å². The van der Waals surface area contributed by atoms with Crippen LogP contribution >= 0.6 is 11.6 Å². The van der Waals surface area contributed by atoms with Crippen LogP contribution < -0.4 is 5.73 Å². The van der Waals surface area contributed by atoms with E-state index >= 15 is 0 Å². The fourth-order valence-corrected chi connectivity index (χ4v) is 1.43. The number of alkyl halides is 1. The molecule has 1 aromatic rings. The van der Waals surface area contributed by atoms with Crippen molar-refractivity contribution in [2.75, 3.05) is 5.88 Å². The lowest BCUT2D eigenvalue weighted by atomic mass is 10.0. The summed E-state index contributed by atoms with van der Waals surface area (Å²) in [6.07, 6.45) is 0.456. The van der Waals surface area contributed by atoms with E-state index in [-0.39, 0.29) is 11.3 Å². The Labute approximate surface area is 91.0 Å². The number of non-ortho nitro benzene ring substituents is 1. The van der Waals surface area contributed by atoms with Crippen molar-refractivity contribution in [3.8, 4) is 0 Å². The van der Waals surface area contributed by atoms with Crippen LogP contribution in [0, 0.1) is 10.1 Å². The van der Waals surface area contributed by atoms with Crippen LogP contribution in [0.15, 0.2) is 18.2 Å². The number of rotatable bonds is 4. The molecule has 0 aromatic heterocycles. The summed E-state index contributed by atoms with van der Waals surface area (Å²) < 4.78 is 0. The molecule has 0 unspecified atom stereocenters. The summed E-state index contributed by atoms with van der Waals surface area (Å²) in [5.74, 6) is -0.350. The number of amides is 1. The van der Waals surface area contributed by atoms with Gasteiger partial charge in [0.2, 0.25) is 5.91 Å². The van der Waals surface area contributed by atoms with E-state index in [4.69, 9.17) is 17.3 Å². The molecule has 0 saturated heterocycles. The zero-order valence-electron chi connectivity index (χ0n) is 7.77. The zero-order chi connectivity index (χ0) is 11.4. The normalized spacial score (nSPS) is 9.93. The van der Waals surface area contributed by atoms with Crippen LogP contribution in [-0.2, 0) is 6.42 Å². The molecular weight excluding hydrogens is 220 g/mol. The third kappa shape index (κ3) is 2.66. The summed E-state index contributed by atoms with van der Waals surface area (Å²) >= 11 is 5.53. The van der Waals surface area contributed by atoms with Gasteiger partial charge in [-0.1, -0.05) is 6.07 Å². The SMILES string of the molecule is NC(=O)c1cc([N+](=O)[O-])ccc1CCCl. The van der Waals surface area contributed by atoms with E-state index < -0.39 is 10.8 Å². The van der Waals surface area contributed by atoms with E-state index in [0.717, 1.165) is 0 Å². The first-order valence-electron chi connectivity index (χ1n) is 4.19. The number of benzene rings is 1. The summed E-state index contributed by atoms with van der Waals surface area (Å²) in [6.45, 7) is 0. The molecular formula is C9H9ClN2O3. The third-order valence-electron chi connectivity index (χ3n) is 1.93. The number of nitrogens with two attached hydrogens (primary N) is 1. The molecule has 6 heteroatoms. The van der Waals surface area contributed by atoms with E-state index in [1.165, 1.54) is 18.2 Å². The van der Waals surface area contributed by atoms with E-state index in [2.05, 4.69) is 0 Å². The number of carbonyl (C=O) groups excluding carboxylic acids is 1. The fraction of sp³-hybridized carbons (Fsp3) is 0.222. The lowest BCUT2D eigenvalue weighted by molar-refractivity contribution is -0.384. The van der Waals surface area contributed by atoms with Gasteiger partial charge in [0.05, 0.1) is 4.92 Å². The molecule has 0 bridgehead atoms. The quantitative estimate of drug-likeness (QED) is 0.481. The van der Waals surface area contributed by atoms with Crippen LogP contribution in [-0.4, -0.2) is 16.7 Å². The molecule has 1 rings (SSSR count). The Morgan fingerprint density at radius 1 is 1.53 bits per heavy atom. The summed E-state index contributed by atoms with van der Waals surface area (Å²) in [6, 6.07) is 4.00. The Hall–Kier alpha value is -1.62. The number of carbonyl (C=O) groups is 1. The standard InChI is InChI=1S/C9H9ClN2O3/c10-4-3-6-1-2-7(12(14)15)5-8(6)9(11)13/h1-2,5H,3-4H2,(H2,11,13). The van der Waals surface area contributed by atoms with Gasteiger partial charge in [0.15, 0.2) is 0 Å². The van der Waals surface area contributed by atoms with Crippen LogP contribution in [0.25, 0.3) is 0 Å². The molecule has 2 N–H and O–H groups in total. The average molecular weight is 229 g/mol. The minimum absolute atomic E-state index is 0.151. The maximum Gasteiger partial charge on any atom is 0.270 e. The minimum Gasteiger partial charge on any atom is -0.366 e. The van der Waals surface area contributed by atoms with E-state index in [0.29, 0.717) is 17.9 Å². The molecule has 80 valence electrons. The monoisotopic (exact) mass is 228 g/mol. The van der Waals surface area contributed by atoms with Crippen LogP contribution in [0.1, 0.15) is 15.9 Å². The highest BCUT2D eigenvalue weighted by atomic mass is 35.5. The number of nitrogens with zero attached hydrogens (tertiary/aromatic N) is 1. The molecule has 5 nitrogen and oxygen atoms in total. The first-order valence-corrected chi connectivity index (χ1v) is 4.72. The summed E-state index contributed by atoms with van der Waals surface area (Å²) in [4.78, 5) is 20.9. The van der Waals surface area contributed by atoms with E-state index in [1.54, 1.807) is 0 Å². The summed E-state index contributed by atoms with van der Waals surface area (Å²) in [7, 11) is 0. The number of hydrogen-bond acceptors (Lipinski definition) is 3. The smallest absolute Gasteiger partial charge is 0.270 e. The highest BCUT2D eigenvalue weighted by Gasteiger charge is 2.13. The molecule has 1 amide bonds. The van der Waals surface area contributed by atoms with Gasteiger partial charge in [-0.3, -0.25) is 14.9 Å². The molecule has 15 heavy (non-hydrogen) atoms. The third-order valence-corrected chi connectivity index (χ3v) is 2.12. The highest BCUT2D eigenvalue weighted by molar-refractivity contribution is 6.18. The average Bonchev–Trinajstić information content (AvgIpc) is 2.18. The van der Waals surface area contributed by atoms with Crippen LogP contribution in [0.3, 0.4) is 0 Å². The maximum atomic E-state index is 11.0. The first-order chi connectivity index (χ1) is 7.06. The van der Waals surface area contributed by atoms with E-state index in [9.17, 15) is 14.9 Å². The van der Waals surface area contributed by atoms with Gasteiger partial charge in [-0.05, 0) is 12.0 Å². The largest absolute Gasteiger partial charge is 0.366 e. The molecule has 0 aliphatic heterocycles. The topological polar surface area (TPSA) is 86.2 Å². The fourth-order valence-electron chi connectivity index (χ4n) is 1.23. The predicted octanol–water partition coefficient (Wildman–Crippen LogP) is 1.47. The molecule has 0 radical (unpaired) electrons. The van der Waals surface area contributed by atoms with Gasteiger partial charge < -0.3 is 5.73 Å². The van der Waals surface area contributed by atoms with Crippen molar-refractivity contribution in [1.29, 1.82) is 0 Å². The number of aryl methyl sites for hydroxylation is 1. The second kappa shape index (κ2) is 4.75. The van der Waals surface area contributed by atoms with Crippen molar-refractivity contribution in [3.05, 3.63) is 39.4 Å². The predicted molar refractivity (Wildman–Crippen MR) is 56.0 cm³/mol. The minimum atomic E-state index is -0.682. The number of hydrogen-bond donors (Lipinski definition) is 1. The molecule has 1 aromatic carbocycles. The van der Waals surface area contributed by atoms with Crippen LogP contribution in [0.2, 0.25) is 0 Å². The van der Waals surface area contributed by atoms with Gasteiger partial charge in [0.25, 0.3) is 5.69 Å².